The van der Waals surface area contributed by atoms with Gasteiger partial charge in [0.15, 0.2) is 5.75 Å². The Morgan fingerprint density at radius 3 is 2.75 bits per heavy atom. The molecule has 0 N–H and O–H groups in total. The summed E-state index contributed by atoms with van der Waals surface area (Å²) in [6.07, 6.45) is 7.04. The lowest BCUT2D eigenvalue weighted by molar-refractivity contribution is -0.137. The van der Waals surface area contributed by atoms with Gasteiger partial charge in [-0.2, -0.15) is 0 Å². The highest BCUT2D eigenvalue weighted by Crippen LogP contribution is 2.39. The molecule has 2 atom stereocenters. The molecule has 4 heteroatoms. The molecule has 0 aromatic heterocycles. The van der Waals surface area contributed by atoms with E-state index in [1.165, 1.54) is 0 Å². The second kappa shape index (κ2) is 5.27. The molecule has 0 saturated carbocycles. The highest BCUT2D eigenvalue weighted by Gasteiger charge is 2.40. The van der Waals surface area contributed by atoms with Gasteiger partial charge in [-0.3, -0.25) is 9.59 Å². The van der Waals surface area contributed by atoms with E-state index in [0.717, 1.165) is 0 Å². The molecule has 2 aliphatic carbocycles. The van der Waals surface area contributed by atoms with Crippen LogP contribution in [0.2, 0.25) is 0 Å². The first-order valence-electron chi connectivity index (χ1n) is 7.81. The zero-order chi connectivity index (χ0) is 16.8. The van der Waals surface area contributed by atoms with Crippen molar-refractivity contribution in [2.45, 2.75) is 6.92 Å². The lowest BCUT2D eigenvalue weighted by atomic mass is 9.78. The van der Waals surface area contributed by atoms with Crippen LogP contribution >= 0.6 is 0 Å². The Balaban J connectivity index is 1.95. The van der Waals surface area contributed by atoms with E-state index in [9.17, 15) is 9.59 Å². The molecule has 2 unspecified atom stereocenters. The van der Waals surface area contributed by atoms with E-state index in [0.29, 0.717) is 34.1 Å². The molecule has 0 amide bonds. The largest absolute Gasteiger partial charge is 0.455 e. The van der Waals surface area contributed by atoms with Crippen LogP contribution < -0.4 is 4.74 Å². The number of allylic oxidation sites excluding steroid dienone is 6. The van der Waals surface area contributed by atoms with Crippen molar-refractivity contribution in [1.82, 2.24) is 0 Å². The molecule has 1 aromatic carbocycles. The van der Waals surface area contributed by atoms with Gasteiger partial charge in [0.05, 0.1) is 17.2 Å². The predicted molar refractivity (Wildman–Crippen MR) is 91.3 cm³/mol. The number of para-hydroxylation sites is 2. The van der Waals surface area contributed by atoms with E-state index in [-0.39, 0.29) is 5.92 Å². The lowest BCUT2D eigenvalue weighted by Gasteiger charge is -2.28. The third-order valence-electron chi connectivity index (χ3n) is 4.55. The van der Waals surface area contributed by atoms with Crippen molar-refractivity contribution in [3.63, 3.8) is 0 Å². The molecule has 0 radical (unpaired) electrons. The number of carbonyl (C=O) groups excluding carboxylic acids is 2. The van der Waals surface area contributed by atoms with Crippen LogP contribution in [0.4, 0.5) is 5.69 Å². The summed E-state index contributed by atoms with van der Waals surface area (Å²) in [5.41, 5.74) is 2.37. The van der Waals surface area contributed by atoms with Crippen LogP contribution in [0, 0.1) is 11.8 Å². The van der Waals surface area contributed by atoms with Gasteiger partial charge in [0.2, 0.25) is 11.6 Å². The number of fused-ring (bicyclic) bond motifs is 3. The lowest BCUT2D eigenvalue weighted by Crippen LogP contribution is -2.35. The van der Waals surface area contributed by atoms with Gasteiger partial charge in [-0.25, -0.2) is 4.99 Å². The Kier molecular flexibility index (Phi) is 3.20. The Labute approximate surface area is 139 Å². The summed E-state index contributed by atoms with van der Waals surface area (Å²) in [4.78, 5) is 29.7. The monoisotopic (exact) mass is 317 g/mol. The third-order valence-corrected chi connectivity index (χ3v) is 4.55. The van der Waals surface area contributed by atoms with Gasteiger partial charge >= 0.3 is 0 Å². The number of hydrogen-bond acceptors (Lipinski definition) is 4. The summed E-state index contributed by atoms with van der Waals surface area (Å²) in [5, 5.41) is 0. The number of nitrogens with zero attached hydrogens (tertiary/aromatic N) is 1. The van der Waals surface area contributed by atoms with Crippen LogP contribution in [-0.4, -0.2) is 17.3 Å². The van der Waals surface area contributed by atoms with Gasteiger partial charge in [-0.05, 0) is 36.3 Å². The summed E-state index contributed by atoms with van der Waals surface area (Å²) >= 11 is 0. The summed E-state index contributed by atoms with van der Waals surface area (Å²) in [5.74, 6) is -0.638. The highest BCUT2D eigenvalue weighted by atomic mass is 16.5. The Morgan fingerprint density at radius 2 is 2.04 bits per heavy atom. The van der Waals surface area contributed by atoms with E-state index in [1.807, 2.05) is 31.2 Å². The first-order chi connectivity index (χ1) is 11.6. The van der Waals surface area contributed by atoms with Crippen LogP contribution in [0.3, 0.4) is 0 Å². The fourth-order valence-electron chi connectivity index (χ4n) is 3.02. The standard InChI is InChI=1S/C20H15NO3/c1-3-11(2)13-10-17-18(20(23)19(13)22)12-8-9-14(12)21-15-6-4-5-7-16(15)24-17/h3-11,13H,1H2,2H3/b18-12+,21-14?. The number of hydrogen-bond donors (Lipinski definition) is 0. The molecular formula is C20H15NO3. The van der Waals surface area contributed by atoms with Gasteiger partial charge in [-0.1, -0.05) is 25.1 Å². The molecule has 0 bridgehead atoms. The maximum absolute atomic E-state index is 12.7. The maximum atomic E-state index is 12.7. The Morgan fingerprint density at radius 1 is 1.25 bits per heavy atom. The predicted octanol–water partition coefficient (Wildman–Crippen LogP) is 3.49. The minimum atomic E-state index is -0.551. The van der Waals surface area contributed by atoms with Crippen LogP contribution in [0.5, 0.6) is 5.75 Å². The average Bonchev–Trinajstić information content (AvgIpc) is 2.57. The molecule has 1 heterocycles. The number of Topliss-reactive ketones (excluding diaryl/α,β-unsaturated/α-hetero) is 2. The van der Waals surface area contributed by atoms with E-state index in [2.05, 4.69) is 11.6 Å². The number of rotatable bonds is 2. The average molecular weight is 317 g/mol. The number of benzene rings is 1. The molecule has 0 spiro atoms. The molecule has 4 nitrogen and oxygen atoms in total. The van der Waals surface area contributed by atoms with E-state index in [4.69, 9.17) is 4.74 Å². The van der Waals surface area contributed by atoms with Crippen molar-refractivity contribution in [2.75, 3.05) is 0 Å². The van der Waals surface area contributed by atoms with Crippen molar-refractivity contribution >= 4 is 23.0 Å². The molecule has 0 fully saturated rings. The third kappa shape index (κ3) is 2.03. The van der Waals surface area contributed by atoms with Crippen molar-refractivity contribution < 1.29 is 14.3 Å². The quantitative estimate of drug-likeness (QED) is 0.620. The maximum Gasteiger partial charge on any atom is 0.233 e. The smallest absolute Gasteiger partial charge is 0.233 e. The van der Waals surface area contributed by atoms with Crippen LogP contribution in [-0.2, 0) is 9.59 Å². The Hall–Kier alpha value is -3.01. The molecule has 3 aliphatic rings. The minimum Gasteiger partial charge on any atom is -0.455 e. The summed E-state index contributed by atoms with van der Waals surface area (Å²) in [6.45, 7) is 5.60. The van der Waals surface area contributed by atoms with Crippen molar-refractivity contribution in [3.05, 3.63) is 72.1 Å². The van der Waals surface area contributed by atoms with Crippen molar-refractivity contribution in [1.29, 1.82) is 0 Å². The number of aliphatic imine (C=N–C) groups is 1. The molecule has 118 valence electrons. The van der Waals surface area contributed by atoms with E-state index in [1.54, 1.807) is 24.3 Å². The SMILES string of the molecule is C=CC(C)C1C=C2Oc3ccccc3N=C3C=C/C3=C/2C(=O)C1=O. The van der Waals surface area contributed by atoms with E-state index < -0.39 is 17.5 Å². The van der Waals surface area contributed by atoms with Gasteiger partial charge in [0, 0.05) is 5.57 Å². The second-order valence-electron chi connectivity index (χ2n) is 6.03. The molecule has 1 aliphatic heterocycles. The molecule has 1 aromatic rings. The fourth-order valence-corrected chi connectivity index (χ4v) is 3.02. The zero-order valence-electron chi connectivity index (χ0n) is 13.2. The van der Waals surface area contributed by atoms with Crippen LogP contribution in [0.1, 0.15) is 6.92 Å². The first kappa shape index (κ1) is 14.6. The zero-order valence-corrected chi connectivity index (χ0v) is 13.2. The van der Waals surface area contributed by atoms with Gasteiger partial charge in [0.25, 0.3) is 0 Å². The summed E-state index contributed by atoms with van der Waals surface area (Å²) < 4.78 is 5.99. The number of ether oxygens (including phenoxy) is 1. The van der Waals surface area contributed by atoms with Gasteiger partial charge in [-0.15, -0.1) is 6.58 Å². The topological polar surface area (TPSA) is 55.7 Å². The number of carbonyl (C=O) groups is 2. The highest BCUT2D eigenvalue weighted by molar-refractivity contribution is 6.48. The van der Waals surface area contributed by atoms with E-state index >= 15 is 0 Å². The normalized spacial score (nSPS) is 25.6. The molecule has 4 rings (SSSR count). The van der Waals surface area contributed by atoms with Gasteiger partial charge < -0.3 is 4.74 Å². The fraction of sp³-hybridized carbons (Fsp3) is 0.150. The molecule has 24 heavy (non-hydrogen) atoms. The van der Waals surface area contributed by atoms with Crippen LogP contribution in [0.15, 0.2) is 77.0 Å². The van der Waals surface area contributed by atoms with Crippen molar-refractivity contribution in [3.8, 4) is 5.75 Å². The molecular weight excluding hydrogens is 302 g/mol. The van der Waals surface area contributed by atoms with Crippen LogP contribution in [0.25, 0.3) is 0 Å². The minimum absolute atomic E-state index is 0.144. The Bertz CT molecular complexity index is 915. The summed E-state index contributed by atoms with van der Waals surface area (Å²) in [6, 6.07) is 7.39. The summed E-state index contributed by atoms with van der Waals surface area (Å²) in [7, 11) is 0. The first-order valence-corrected chi connectivity index (χ1v) is 7.81. The molecule has 0 saturated heterocycles. The van der Waals surface area contributed by atoms with Gasteiger partial charge in [0.1, 0.15) is 11.4 Å². The van der Waals surface area contributed by atoms with Crippen molar-refractivity contribution in [2.24, 2.45) is 16.8 Å². The second-order valence-corrected chi connectivity index (χ2v) is 6.03. The number of ketones is 2.